The summed E-state index contributed by atoms with van der Waals surface area (Å²) in [6, 6.07) is 2.63. The van der Waals surface area contributed by atoms with Gasteiger partial charge in [-0.15, -0.1) is 0 Å². The van der Waals surface area contributed by atoms with Crippen LogP contribution in [0.2, 0.25) is 0 Å². The molecule has 106 valence electrons. The molecular formula is C15H26N4. The van der Waals surface area contributed by atoms with Gasteiger partial charge in [-0.05, 0) is 45.6 Å². The van der Waals surface area contributed by atoms with Gasteiger partial charge in [0.25, 0.3) is 0 Å². The molecule has 2 rings (SSSR count). The third-order valence-electron chi connectivity index (χ3n) is 4.07. The van der Waals surface area contributed by atoms with E-state index in [0.717, 1.165) is 31.4 Å². The Balaban J connectivity index is 2.21. The fourth-order valence-electron chi connectivity index (χ4n) is 2.89. The molecule has 0 aliphatic carbocycles. The fraction of sp³-hybridized carbons (Fsp3) is 0.733. The fourth-order valence-corrected chi connectivity index (χ4v) is 2.89. The van der Waals surface area contributed by atoms with Gasteiger partial charge in [0.15, 0.2) is 0 Å². The minimum Gasteiger partial charge on any atom is -0.357 e. The van der Waals surface area contributed by atoms with Crippen molar-refractivity contribution in [3.05, 3.63) is 12.3 Å². The first kappa shape index (κ1) is 14.1. The van der Waals surface area contributed by atoms with Gasteiger partial charge in [0.1, 0.15) is 5.82 Å². The molecule has 0 aromatic carbocycles. The third kappa shape index (κ3) is 3.17. The number of aromatic nitrogens is 2. The van der Waals surface area contributed by atoms with Crippen molar-refractivity contribution in [2.45, 2.75) is 52.5 Å². The van der Waals surface area contributed by atoms with Crippen molar-refractivity contribution in [1.82, 2.24) is 9.97 Å². The lowest BCUT2D eigenvalue weighted by Gasteiger charge is -2.35. The number of anilines is 2. The van der Waals surface area contributed by atoms with Crippen molar-refractivity contribution in [3.63, 3.8) is 0 Å². The third-order valence-corrected chi connectivity index (χ3v) is 4.07. The molecule has 1 aliphatic heterocycles. The second kappa shape index (κ2) is 6.73. The second-order valence-corrected chi connectivity index (χ2v) is 5.14. The Labute approximate surface area is 116 Å². The van der Waals surface area contributed by atoms with E-state index >= 15 is 0 Å². The van der Waals surface area contributed by atoms with Crippen LogP contribution in [0.3, 0.4) is 0 Å². The van der Waals surface area contributed by atoms with E-state index in [0.29, 0.717) is 6.04 Å². The molecule has 0 amide bonds. The molecule has 0 radical (unpaired) electrons. The SMILES string of the molecule is CCC1CCCCN1c1nccc(N(CC)CC)n1. The lowest BCUT2D eigenvalue weighted by Crippen LogP contribution is -2.40. The van der Waals surface area contributed by atoms with Gasteiger partial charge in [0.05, 0.1) is 0 Å². The largest absolute Gasteiger partial charge is 0.357 e. The molecule has 1 atom stereocenters. The lowest BCUT2D eigenvalue weighted by molar-refractivity contribution is 0.443. The van der Waals surface area contributed by atoms with Gasteiger partial charge in [-0.3, -0.25) is 0 Å². The summed E-state index contributed by atoms with van der Waals surface area (Å²) in [5.41, 5.74) is 0. The molecule has 19 heavy (non-hydrogen) atoms. The number of hydrogen-bond acceptors (Lipinski definition) is 4. The van der Waals surface area contributed by atoms with Crippen LogP contribution >= 0.6 is 0 Å². The smallest absolute Gasteiger partial charge is 0.227 e. The minimum atomic E-state index is 0.612. The van der Waals surface area contributed by atoms with Gasteiger partial charge >= 0.3 is 0 Å². The Kier molecular flexibility index (Phi) is 5.00. The van der Waals surface area contributed by atoms with Crippen molar-refractivity contribution >= 4 is 11.8 Å². The highest BCUT2D eigenvalue weighted by atomic mass is 15.3. The van der Waals surface area contributed by atoms with Gasteiger partial charge in [0, 0.05) is 31.9 Å². The summed E-state index contributed by atoms with van der Waals surface area (Å²) in [7, 11) is 0. The zero-order valence-corrected chi connectivity index (χ0v) is 12.5. The maximum atomic E-state index is 4.78. The summed E-state index contributed by atoms with van der Waals surface area (Å²) >= 11 is 0. The maximum absolute atomic E-state index is 4.78. The van der Waals surface area contributed by atoms with Crippen molar-refractivity contribution in [2.24, 2.45) is 0 Å². The van der Waals surface area contributed by atoms with Gasteiger partial charge in [-0.2, -0.15) is 4.98 Å². The zero-order chi connectivity index (χ0) is 13.7. The van der Waals surface area contributed by atoms with Gasteiger partial charge in [-0.25, -0.2) is 4.98 Å². The highest BCUT2D eigenvalue weighted by Crippen LogP contribution is 2.24. The van der Waals surface area contributed by atoms with Crippen LogP contribution in [-0.2, 0) is 0 Å². The topological polar surface area (TPSA) is 32.3 Å². The molecule has 1 aromatic heterocycles. The minimum absolute atomic E-state index is 0.612. The van der Waals surface area contributed by atoms with Gasteiger partial charge < -0.3 is 9.80 Å². The molecule has 4 heteroatoms. The monoisotopic (exact) mass is 262 g/mol. The first-order valence-electron chi connectivity index (χ1n) is 7.64. The molecule has 1 saturated heterocycles. The van der Waals surface area contributed by atoms with Gasteiger partial charge in [-0.1, -0.05) is 6.92 Å². The van der Waals surface area contributed by atoms with Crippen molar-refractivity contribution in [1.29, 1.82) is 0 Å². The molecule has 1 aromatic rings. The van der Waals surface area contributed by atoms with E-state index in [-0.39, 0.29) is 0 Å². The summed E-state index contributed by atoms with van der Waals surface area (Å²) in [5.74, 6) is 1.96. The summed E-state index contributed by atoms with van der Waals surface area (Å²) in [6.07, 6.45) is 6.95. The van der Waals surface area contributed by atoms with E-state index in [1.807, 2.05) is 12.3 Å². The summed E-state index contributed by atoms with van der Waals surface area (Å²) in [4.78, 5) is 14.0. The Bertz CT molecular complexity index is 389. The van der Waals surface area contributed by atoms with Gasteiger partial charge in [0.2, 0.25) is 5.95 Å². The zero-order valence-electron chi connectivity index (χ0n) is 12.5. The van der Waals surface area contributed by atoms with Crippen LogP contribution in [0, 0.1) is 0 Å². The average Bonchev–Trinajstić information content (AvgIpc) is 2.49. The van der Waals surface area contributed by atoms with Crippen LogP contribution in [0.15, 0.2) is 12.3 Å². The van der Waals surface area contributed by atoms with E-state index in [9.17, 15) is 0 Å². The van der Waals surface area contributed by atoms with Crippen LogP contribution in [0.5, 0.6) is 0 Å². The second-order valence-electron chi connectivity index (χ2n) is 5.14. The molecule has 4 nitrogen and oxygen atoms in total. The summed E-state index contributed by atoms with van der Waals surface area (Å²) in [6.45, 7) is 9.67. The van der Waals surface area contributed by atoms with Crippen molar-refractivity contribution < 1.29 is 0 Å². The normalized spacial score (nSPS) is 19.5. The number of rotatable bonds is 5. The summed E-state index contributed by atoms with van der Waals surface area (Å²) < 4.78 is 0. The lowest BCUT2D eigenvalue weighted by atomic mass is 10.0. The van der Waals surface area contributed by atoms with E-state index in [4.69, 9.17) is 4.98 Å². The molecular weight excluding hydrogens is 236 g/mol. The first-order chi connectivity index (χ1) is 9.30. The van der Waals surface area contributed by atoms with Crippen LogP contribution < -0.4 is 9.80 Å². The Morgan fingerprint density at radius 3 is 2.74 bits per heavy atom. The predicted octanol–water partition coefficient (Wildman–Crippen LogP) is 3.09. The molecule has 1 unspecified atom stereocenters. The van der Waals surface area contributed by atoms with Crippen LogP contribution in [0.25, 0.3) is 0 Å². The number of piperidine rings is 1. The Hall–Kier alpha value is -1.32. The van der Waals surface area contributed by atoms with Crippen LogP contribution in [0.1, 0.15) is 46.5 Å². The van der Waals surface area contributed by atoms with E-state index < -0.39 is 0 Å². The first-order valence-corrected chi connectivity index (χ1v) is 7.64. The molecule has 0 N–H and O–H groups in total. The Morgan fingerprint density at radius 2 is 2.05 bits per heavy atom. The highest BCUT2D eigenvalue weighted by molar-refractivity contribution is 5.44. The molecule has 2 heterocycles. The standard InChI is InChI=1S/C15H26N4/c1-4-13-9-7-8-12-19(13)15-16-11-10-14(17-15)18(5-2)6-3/h10-11,13H,4-9,12H2,1-3H3. The predicted molar refractivity (Wildman–Crippen MR) is 80.9 cm³/mol. The van der Waals surface area contributed by atoms with E-state index in [2.05, 4.69) is 35.6 Å². The Morgan fingerprint density at radius 1 is 1.26 bits per heavy atom. The molecule has 0 saturated carbocycles. The van der Waals surface area contributed by atoms with Crippen molar-refractivity contribution in [2.75, 3.05) is 29.4 Å². The number of hydrogen-bond donors (Lipinski definition) is 0. The molecule has 1 fully saturated rings. The van der Waals surface area contributed by atoms with Crippen LogP contribution in [0.4, 0.5) is 11.8 Å². The highest BCUT2D eigenvalue weighted by Gasteiger charge is 2.23. The molecule has 1 aliphatic rings. The number of nitrogens with zero attached hydrogens (tertiary/aromatic N) is 4. The maximum Gasteiger partial charge on any atom is 0.227 e. The quantitative estimate of drug-likeness (QED) is 0.816. The van der Waals surface area contributed by atoms with Crippen molar-refractivity contribution in [3.8, 4) is 0 Å². The average molecular weight is 262 g/mol. The van der Waals surface area contributed by atoms with E-state index in [1.165, 1.54) is 25.7 Å². The van der Waals surface area contributed by atoms with Crippen LogP contribution in [-0.4, -0.2) is 35.6 Å². The van der Waals surface area contributed by atoms with E-state index in [1.54, 1.807) is 0 Å². The molecule has 0 spiro atoms. The summed E-state index contributed by atoms with van der Waals surface area (Å²) in [5, 5.41) is 0. The molecule has 0 bridgehead atoms.